The maximum absolute atomic E-state index is 4.58. The molecule has 3 heterocycles. The van der Waals surface area contributed by atoms with Crippen molar-refractivity contribution in [1.82, 2.24) is 19.9 Å². The number of benzene rings is 4. The van der Waals surface area contributed by atoms with Gasteiger partial charge in [-0.1, -0.05) is 42.5 Å². The third-order valence-electron chi connectivity index (χ3n) is 8.09. The van der Waals surface area contributed by atoms with Crippen molar-refractivity contribution in [3.63, 3.8) is 0 Å². The minimum Gasteiger partial charge on any atom is -0.310 e. The van der Waals surface area contributed by atoms with E-state index in [0.717, 1.165) is 40.9 Å². The van der Waals surface area contributed by atoms with Gasteiger partial charge in [0, 0.05) is 53.0 Å². The third-order valence-corrected chi connectivity index (χ3v) is 8.09. The molecule has 0 saturated heterocycles. The van der Waals surface area contributed by atoms with E-state index >= 15 is 0 Å². The molecule has 6 aromatic rings. The van der Waals surface area contributed by atoms with Gasteiger partial charge in [-0.2, -0.15) is 0 Å². The van der Waals surface area contributed by atoms with Crippen LogP contribution in [0.2, 0.25) is 0 Å². The maximum Gasteiger partial charge on any atom is 0.0885 e. The monoisotopic (exact) mass is 531 g/mol. The van der Waals surface area contributed by atoms with Gasteiger partial charge in [0.15, 0.2) is 0 Å². The molecule has 0 atom stereocenters. The molecule has 0 spiro atoms. The van der Waals surface area contributed by atoms with Crippen LogP contribution >= 0.6 is 0 Å². The Morgan fingerprint density at radius 2 is 1.07 bits per heavy atom. The summed E-state index contributed by atoms with van der Waals surface area (Å²) < 4.78 is 0. The van der Waals surface area contributed by atoms with Crippen LogP contribution in [-0.2, 0) is 12.8 Å². The van der Waals surface area contributed by atoms with Crippen LogP contribution < -0.4 is 4.90 Å². The largest absolute Gasteiger partial charge is 0.310 e. The van der Waals surface area contributed by atoms with Crippen LogP contribution in [0.5, 0.6) is 0 Å². The highest BCUT2D eigenvalue weighted by Crippen LogP contribution is 2.45. The summed E-state index contributed by atoms with van der Waals surface area (Å²) in [5, 5.41) is 0. The van der Waals surface area contributed by atoms with Crippen LogP contribution in [-0.4, -0.2) is 19.9 Å². The molecule has 0 bridgehead atoms. The number of hydrogen-bond donors (Lipinski definition) is 0. The normalized spacial score (nSPS) is 12.4. The minimum atomic E-state index is 0.822. The Hall–Kier alpha value is -5.16. The zero-order valence-corrected chi connectivity index (χ0v) is 23.1. The summed E-state index contributed by atoms with van der Waals surface area (Å²) in [6, 6.07) is 28.6. The maximum atomic E-state index is 4.58. The van der Waals surface area contributed by atoms with E-state index < -0.39 is 0 Å². The van der Waals surface area contributed by atoms with E-state index in [1.807, 2.05) is 0 Å². The van der Waals surface area contributed by atoms with Crippen molar-refractivity contribution >= 4 is 17.1 Å². The molecule has 5 heteroatoms. The molecule has 1 aliphatic rings. The molecule has 0 amide bonds. The van der Waals surface area contributed by atoms with Gasteiger partial charge in [-0.25, -0.2) is 0 Å². The van der Waals surface area contributed by atoms with Crippen LogP contribution in [0.15, 0.2) is 116 Å². The molecule has 0 unspecified atom stereocenters. The minimum absolute atomic E-state index is 0.822. The average Bonchev–Trinajstić information content (AvgIpc) is 3.20. The average molecular weight is 532 g/mol. The second kappa shape index (κ2) is 10.4. The lowest BCUT2D eigenvalue weighted by Crippen LogP contribution is -2.13. The number of anilines is 3. The smallest absolute Gasteiger partial charge is 0.0885 e. The molecule has 0 N–H and O–H groups in total. The molecule has 198 valence electrons. The Balaban J connectivity index is 1.40. The van der Waals surface area contributed by atoms with Crippen LogP contribution in [0.25, 0.3) is 33.6 Å². The summed E-state index contributed by atoms with van der Waals surface area (Å²) in [6.45, 7) is 4.46. The molecule has 1 aliphatic heterocycles. The van der Waals surface area contributed by atoms with Gasteiger partial charge in [0.25, 0.3) is 0 Å². The molecule has 0 aliphatic carbocycles. The van der Waals surface area contributed by atoms with Gasteiger partial charge in [-0.15, -0.1) is 0 Å². The Labute approximate surface area is 240 Å². The SMILES string of the molecule is Cc1c(-c2cc(-c3cnccn3)cc(-c3cnccn3)c2)ccc(N2c3ccccc3CCc3ccccc32)c1C. The standard InChI is InChI=1S/C36H29N5/c1-24-25(2)34(41-35-9-5-3-7-26(35)11-12-27-8-4-6-10-36(27)41)14-13-31(24)28-19-29(32-22-37-15-17-39-32)21-30(20-28)33-23-38-16-18-40-33/h3-10,13-23H,11-12H2,1-2H3. The van der Waals surface area contributed by atoms with E-state index in [1.165, 1.54) is 44.9 Å². The van der Waals surface area contributed by atoms with Crippen molar-refractivity contribution in [1.29, 1.82) is 0 Å². The molecular weight excluding hydrogens is 502 g/mol. The number of aromatic nitrogens is 4. The molecule has 5 nitrogen and oxygen atoms in total. The molecule has 4 aromatic carbocycles. The number of rotatable bonds is 4. The summed E-state index contributed by atoms with van der Waals surface area (Å²) >= 11 is 0. The van der Waals surface area contributed by atoms with Crippen molar-refractivity contribution in [3.05, 3.63) is 138 Å². The van der Waals surface area contributed by atoms with Gasteiger partial charge < -0.3 is 4.90 Å². The van der Waals surface area contributed by atoms with Gasteiger partial charge in [0.1, 0.15) is 0 Å². The van der Waals surface area contributed by atoms with Crippen LogP contribution in [0.1, 0.15) is 22.3 Å². The van der Waals surface area contributed by atoms with E-state index in [2.05, 4.69) is 118 Å². The van der Waals surface area contributed by atoms with Gasteiger partial charge in [-0.3, -0.25) is 19.9 Å². The second-order valence-electron chi connectivity index (χ2n) is 10.5. The van der Waals surface area contributed by atoms with Gasteiger partial charge in [-0.05, 0) is 96.5 Å². The lowest BCUT2D eigenvalue weighted by atomic mass is 9.91. The van der Waals surface area contributed by atoms with Crippen LogP contribution in [0, 0.1) is 13.8 Å². The van der Waals surface area contributed by atoms with E-state index in [0.29, 0.717) is 0 Å². The van der Waals surface area contributed by atoms with Gasteiger partial charge >= 0.3 is 0 Å². The Morgan fingerprint density at radius 1 is 0.537 bits per heavy atom. The first kappa shape index (κ1) is 24.9. The predicted octanol–water partition coefficient (Wildman–Crippen LogP) is 8.45. The lowest BCUT2D eigenvalue weighted by Gasteiger charge is -2.30. The van der Waals surface area contributed by atoms with Crippen LogP contribution in [0.4, 0.5) is 17.1 Å². The fourth-order valence-corrected chi connectivity index (χ4v) is 5.88. The zero-order valence-electron chi connectivity index (χ0n) is 23.1. The highest BCUT2D eigenvalue weighted by Gasteiger charge is 2.24. The fourth-order valence-electron chi connectivity index (χ4n) is 5.88. The van der Waals surface area contributed by atoms with Crippen molar-refractivity contribution in [2.24, 2.45) is 0 Å². The summed E-state index contributed by atoms with van der Waals surface area (Å²) in [5.41, 5.74) is 14.9. The van der Waals surface area contributed by atoms with Crippen LogP contribution in [0.3, 0.4) is 0 Å². The van der Waals surface area contributed by atoms with E-state index in [-0.39, 0.29) is 0 Å². The number of aryl methyl sites for hydroxylation is 2. The Bertz CT molecular complexity index is 1760. The molecule has 2 aromatic heterocycles. The topological polar surface area (TPSA) is 54.8 Å². The first-order chi connectivity index (χ1) is 20.2. The van der Waals surface area contributed by atoms with E-state index in [4.69, 9.17) is 0 Å². The first-order valence-corrected chi connectivity index (χ1v) is 13.9. The number of para-hydroxylation sites is 2. The molecule has 0 saturated carbocycles. The first-order valence-electron chi connectivity index (χ1n) is 13.9. The van der Waals surface area contributed by atoms with Crippen molar-refractivity contribution < 1.29 is 0 Å². The zero-order chi connectivity index (χ0) is 27.8. The summed E-state index contributed by atoms with van der Waals surface area (Å²) in [4.78, 5) is 20.2. The summed E-state index contributed by atoms with van der Waals surface area (Å²) in [5.74, 6) is 0. The second-order valence-corrected chi connectivity index (χ2v) is 10.5. The number of hydrogen-bond acceptors (Lipinski definition) is 5. The van der Waals surface area contributed by atoms with Crippen molar-refractivity contribution in [2.45, 2.75) is 26.7 Å². The fraction of sp³-hybridized carbons (Fsp3) is 0.111. The highest BCUT2D eigenvalue weighted by molar-refractivity contribution is 5.87. The Morgan fingerprint density at radius 3 is 1.61 bits per heavy atom. The number of nitrogens with zero attached hydrogens (tertiary/aromatic N) is 5. The summed E-state index contributed by atoms with van der Waals surface area (Å²) in [7, 11) is 0. The molecule has 0 fully saturated rings. The van der Waals surface area contributed by atoms with E-state index in [1.54, 1.807) is 37.2 Å². The quantitative estimate of drug-likeness (QED) is 0.228. The predicted molar refractivity (Wildman–Crippen MR) is 165 cm³/mol. The Kier molecular flexibility index (Phi) is 6.32. The molecule has 41 heavy (non-hydrogen) atoms. The van der Waals surface area contributed by atoms with E-state index in [9.17, 15) is 0 Å². The van der Waals surface area contributed by atoms with Gasteiger partial charge in [0.05, 0.1) is 23.8 Å². The highest BCUT2D eigenvalue weighted by atomic mass is 15.2. The summed E-state index contributed by atoms with van der Waals surface area (Å²) in [6.07, 6.45) is 12.5. The van der Waals surface area contributed by atoms with Crippen molar-refractivity contribution in [3.8, 4) is 33.6 Å². The molecule has 7 rings (SSSR count). The number of fused-ring (bicyclic) bond motifs is 2. The molecular formula is C36H29N5. The molecule has 0 radical (unpaired) electrons. The van der Waals surface area contributed by atoms with Gasteiger partial charge in [0.2, 0.25) is 0 Å². The third kappa shape index (κ3) is 4.55. The lowest BCUT2D eigenvalue weighted by molar-refractivity contribution is 0.977. The van der Waals surface area contributed by atoms with Crippen molar-refractivity contribution in [2.75, 3.05) is 4.90 Å².